The molecule has 0 unspecified atom stereocenters. The van der Waals surface area contributed by atoms with Gasteiger partial charge in [-0.15, -0.1) is 0 Å². The Morgan fingerprint density at radius 2 is 1.73 bits per heavy atom. The Kier molecular flexibility index (Phi) is 3.01. The summed E-state index contributed by atoms with van der Waals surface area (Å²) in [6.45, 7) is 0. The molecule has 0 spiro atoms. The Balaban J connectivity index is 2.92. The molecule has 0 aromatic heterocycles. The summed E-state index contributed by atoms with van der Waals surface area (Å²) in [6, 6.07) is 1.18. The third kappa shape index (κ3) is 2.50. The van der Waals surface area contributed by atoms with E-state index in [2.05, 4.69) is 0 Å². The van der Waals surface area contributed by atoms with E-state index >= 15 is 0 Å². The summed E-state index contributed by atoms with van der Waals surface area (Å²) in [7, 11) is 0. The SMILES string of the molecule is N[C@@H](Cc1cc(O)c(O)c(O)c1)C(=O)O. The van der Waals surface area contributed by atoms with Crippen LogP contribution >= 0.6 is 0 Å². The van der Waals surface area contributed by atoms with Gasteiger partial charge < -0.3 is 26.2 Å². The minimum absolute atomic E-state index is 0.0449. The second-order valence-corrected chi connectivity index (χ2v) is 3.13. The van der Waals surface area contributed by atoms with E-state index in [9.17, 15) is 4.79 Å². The van der Waals surface area contributed by atoms with Crippen molar-refractivity contribution in [2.75, 3.05) is 0 Å². The average molecular weight is 213 g/mol. The fraction of sp³-hybridized carbons (Fsp3) is 0.222. The number of benzene rings is 1. The van der Waals surface area contributed by atoms with Crippen LogP contribution in [0.1, 0.15) is 5.56 Å². The number of rotatable bonds is 3. The number of carboxylic acids is 1. The minimum atomic E-state index is -1.18. The van der Waals surface area contributed by atoms with Crippen molar-refractivity contribution in [3.63, 3.8) is 0 Å². The molecule has 6 N–H and O–H groups in total. The highest BCUT2D eigenvalue weighted by Gasteiger charge is 2.15. The van der Waals surface area contributed by atoms with Gasteiger partial charge in [-0.3, -0.25) is 4.79 Å². The molecule has 0 heterocycles. The Morgan fingerprint density at radius 3 is 2.13 bits per heavy atom. The van der Waals surface area contributed by atoms with Gasteiger partial charge in [0.1, 0.15) is 6.04 Å². The van der Waals surface area contributed by atoms with Gasteiger partial charge in [0.25, 0.3) is 0 Å². The summed E-state index contributed by atoms with van der Waals surface area (Å²) >= 11 is 0. The predicted octanol–water partition coefficient (Wildman–Crippen LogP) is -0.242. The lowest BCUT2D eigenvalue weighted by Gasteiger charge is -2.08. The summed E-state index contributed by atoms with van der Waals surface area (Å²) in [5.41, 5.74) is 5.59. The quantitative estimate of drug-likeness (QED) is 0.441. The number of aromatic hydroxyl groups is 3. The van der Waals surface area contributed by atoms with Crippen molar-refractivity contribution >= 4 is 5.97 Å². The van der Waals surface area contributed by atoms with Crippen molar-refractivity contribution in [1.29, 1.82) is 0 Å². The first-order valence-corrected chi connectivity index (χ1v) is 4.14. The zero-order valence-electron chi connectivity index (χ0n) is 7.71. The molecule has 0 radical (unpaired) electrons. The standard InChI is InChI=1S/C9H11NO5/c10-5(9(14)15)1-4-2-6(11)8(13)7(12)3-4/h2-3,5,11-13H,1,10H2,(H,14,15)/t5-/m0/s1. The third-order valence-corrected chi connectivity index (χ3v) is 1.90. The average Bonchev–Trinajstić information content (AvgIpc) is 2.13. The van der Waals surface area contributed by atoms with Crippen LogP contribution in [-0.2, 0) is 11.2 Å². The number of nitrogens with two attached hydrogens (primary N) is 1. The maximum Gasteiger partial charge on any atom is 0.320 e. The molecule has 0 amide bonds. The third-order valence-electron chi connectivity index (χ3n) is 1.90. The van der Waals surface area contributed by atoms with E-state index in [1.54, 1.807) is 0 Å². The molecule has 1 atom stereocenters. The molecule has 1 rings (SSSR count). The summed E-state index contributed by atoms with van der Waals surface area (Å²) in [5.74, 6) is -2.84. The number of aliphatic carboxylic acids is 1. The molecule has 1 aromatic rings. The lowest BCUT2D eigenvalue weighted by atomic mass is 10.1. The van der Waals surface area contributed by atoms with Crippen molar-refractivity contribution in [1.82, 2.24) is 0 Å². The largest absolute Gasteiger partial charge is 0.504 e. The van der Waals surface area contributed by atoms with Gasteiger partial charge in [0.15, 0.2) is 17.2 Å². The van der Waals surface area contributed by atoms with E-state index in [1.165, 1.54) is 0 Å². The highest BCUT2D eigenvalue weighted by atomic mass is 16.4. The van der Waals surface area contributed by atoms with E-state index in [1.807, 2.05) is 0 Å². The predicted molar refractivity (Wildman–Crippen MR) is 50.8 cm³/mol. The molecule has 0 aliphatic carbocycles. The molecule has 1 aromatic carbocycles. The summed E-state index contributed by atoms with van der Waals surface area (Å²) in [4.78, 5) is 10.4. The molecule has 15 heavy (non-hydrogen) atoms. The number of hydrogen-bond donors (Lipinski definition) is 5. The van der Waals surface area contributed by atoms with Crippen LogP contribution in [0.15, 0.2) is 12.1 Å². The number of phenolic OH excluding ortho intramolecular Hbond substituents is 3. The second kappa shape index (κ2) is 4.05. The van der Waals surface area contributed by atoms with Gasteiger partial charge in [0, 0.05) is 0 Å². The van der Waals surface area contributed by atoms with Gasteiger partial charge in [-0.1, -0.05) is 0 Å². The molecule has 0 aliphatic heterocycles. The molecule has 82 valence electrons. The zero-order chi connectivity index (χ0) is 11.6. The van der Waals surface area contributed by atoms with Crippen LogP contribution in [0.3, 0.4) is 0 Å². The number of carbonyl (C=O) groups is 1. The van der Waals surface area contributed by atoms with Crippen molar-refractivity contribution in [2.45, 2.75) is 12.5 Å². The Morgan fingerprint density at radius 1 is 1.27 bits per heavy atom. The highest BCUT2D eigenvalue weighted by Crippen LogP contribution is 2.35. The van der Waals surface area contributed by atoms with Crippen molar-refractivity contribution in [3.8, 4) is 17.2 Å². The van der Waals surface area contributed by atoms with Crippen LogP contribution in [0.5, 0.6) is 17.2 Å². The number of phenols is 3. The molecule has 6 heteroatoms. The van der Waals surface area contributed by atoms with Crippen LogP contribution in [0.4, 0.5) is 0 Å². The molecule has 0 saturated carbocycles. The van der Waals surface area contributed by atoms with E-state index in [-0.39, 0.29) is 6.42 Å². The molecular weight excluding hydrogens is 202 g/mol. The first-order chi connectivity index (χ1) is 6.91. The van der Waals surface area contributed by atoms with Gasteiger partial charge in [-0.05, 0) is 24.1 Å². The van der Waals surface area contributed by atoms with E-state index in [4.69, 9.17) is 26.2 Å². The number of hydrogen-bond acceptors (Lipinski definition) is 5. The fourth-order valence-corrected chi connectivity index (χ4v) is 1.12. The number of carboxylic acid groups (broad SMARTS) is 1. The van der Waals surface area contributed by atoms with Crippen LogP contribution in [0, 0.1) is 0 Å². The molecule has 0 bridgehead atoms. The molecule has 6 nitrogen and oxygen atoms in total. The minimum Gasteiger partial charge on any atom is -0.504 e. The van der Waals surface area contributed by atoms with Crippen molar-refractivity contribution in [3.05, 3.63) is 17.7 Å². The topological polar surface area (TPSA) is 124 Å². The van der Waals surface area contributed by atoms with E-state index < -0.39 is 29.3 Å². The summed E-state index contributed by atoms with van der Waals surface area (Å²) in [5, 5.41) is 35.8. The maximum atomic E-state index is 10.4. The van der Waals surface area contributed by atoms with E-state index in [0.29, 0.717) is 5.56 Å². The van der Waals surface area contributed by atoms with Gasteiger partial charge in [0.2, 0.25) is 0 Å². The van der Waals surface area contributed by atoms with Crippen LogP contribution in [0.25, 0.3) is 0 Å². The Labute approximate surface area is 85.2 Å². The zero-order valence-corrected chi connectivity index (χ0v) is 7.71. The second-order valence-electron chi connectivity index (χ2n) is 3.13. The van der Waals surface area contributed by atoms with Crippen LogP contribution in [0.2, 0.25) is 0 Å². The van der Waals surface area contributed by atoms with Gasteiger partial charge >= 0.3 is 5.97 Å². The normalized spacial score (nSPS) is 12.3. The lowest BCUT2D eigenvalue weighted by molar-refractivity contribution is -0.138. The monoisotopic (exact) mass is 213 g/mol. The summed E-state index contributed by atoms with van der Waals surface area (Å²) < 4.78 is 0. The lowest BCUT2D eigenvalue weighted by Crippen LogP contribution is -2.32. The van der Waals surface area contributed by atoms with Crippen LogP contribution in [-0.4, -0.2) is 32.4 Å². The van der Waals surface area contributed by atoms with Gasteiger partial charge in [-0.2, -0.15) is 0 Å². The summed E-state index contributed by atoms with van der Waals surface area (Å²) in [6.07, 6.45) is -0.0449. The molecule has 0 saturated heterocycles. The van der Waals surface area contributed by atoms with Crippen molar-refractivity contribution in [2.24, 2.45) is 5.73 Å². The Bertz CT molecular complexity index is 367. The van der Waals surface area contributed by atoms with E-state index in [0.717, 1.165) is 12.1 Å². The molecule has 0 fully saturated rings. The fourth-order valence-electron chi connectivity index (χ4n) is 1.12. The maximum absolute atomic E-state index is 10.4. The van der Waals surface area contributed by atoms with Crippen LogP contribution < -0.4 is 5.73 Å². The Hall–Kier alpha value is -1.95. The molecular formula is C9H11NO5. The van der Waals surface area contributed by atoms with Gasteiger partial charge in [0.05, 0.1) is 0 Å². The van der Waals surface area contributed by atoms with Gasteiger partial charge in [-0.25, -0.2) is 0 Å². The highest BCUT2D eigenvalue weighted by molar-refractivity contribution is 5.73. The molecule has 0 aliphatic rings. The first-order valence-electron chi connectivity index (χ1n) is 4.14. The first kappa shape index (κ1) is 11.1. The van der Waals surface area contributed by atoms with Crippen molar-refractivity contribution < 1.29 is 25.2 Å². The smallest absolute Gasteiger partial charge is 0.320 e.